The number of hydrogen-bond acceptors (Lipinski definition) is 5. The monoisotopic (exact) mass is 557 g/mol. The fraction of sp³-hybridized carbons (Fsp3) is 0.548. The van der Waals surface area contributed by atoms with Crippen LogP contribution in [-0.2, 0) is 15.1 Å². The van der Waals surface area contributed by atoms with Crippen LogP contribution in [0.3, 0.4) is 0 Å². The standard InChI is InChI=1S/C31H41F2N3O4/c1-20-15-22(17-24(32)16-20)28-26(8-4-9-27(28)33)31(39,12-6-14-40-30(38)35-3)23-7-5-13-36(19-23)29(37)21-10-11-25(18-21)34-2/h4,8-9,15-17,21,23,25,34,39H,5-7,10-14,18-19H2,1-3H3,(H,35,38)/t21-,23-,25+,31+/m1/s1. The molecule has 1 heterocycles. The van der Waals surface area contributed by atoms with E-state index in [0.717, 1.165) is 19.3 Å². The number of ether oxygens (including phenoxy) is 1. The molecular formula is C31H41F2N3O4. The van der Waals surface area contributed by atoms with Crippen molar-refractivity contribution in [3.05, 3.63) is 59.2 Å². The lowest BCUT2D eigenvalue weighted by molar-refractivity contribution is -0.141. The van der Waals surface area contributed by atoms with Gasteiger partial charge in [-0.25, -0.2) is 13.6 Å². The predicted octanol–water partition coefficient (Wildman–Crippen LogP) is 4.89. The molecule has 1 aliphatic carbocycles. The number of carbonyl (C=O) groups is 2. The first-order chi connectivity index (χ1) is 19.2. The fourth-order valence-electron chi connectivity index (χ4n) is 6.49. The largest absolute Gasteiger partial charge is 0.450 e. The Bertz CT molecular complexity index is 1190. The number of piperidine rings is 1. The number of aryl methyl sites for hydroxylation is 1. The number of amides is 2. The highest BCUT2D eigenvalue weighted by molar-refractivity contribution is 5.79. The molecule has 0 spiro atoms. The molecule has 1 aliphatic heterocycles. The Balaban J connectivity index is 1.68. The van der Waals surface area contributed by atoms with Gasteiger partial charge in [0.25, 0.3) is 0 Å². The first-order valence-electron chi connectivity index (χ1n) is 14.3. The first-order valence-corrected chi connectivity index (χ1v) is 14.3. The fourth-order valence-corrected chi connectivity index (χ4v) is 6.49. The molecule has 2 aromatic carbocycles. The normalized spacial score (nSPS) is 22.6. The number of halogens is 2. The van der Waals surface area contributed by atoms with Gasteiger partial charge in [0.2, 0.25) is 5.91 Å². The highest BCUT2D eigenvalue weighted by atomic mass is 19.1. The summed E-state index contributed by atoms with van der Waals surface area (Å²) in [5, 5.41) is 18.2. The molecule has 1 saturated heterocycles. The summed E-state index contributed by atoms with van der Waals surface area (Å²) in [6.07, 6.45) is 3.85. The van der Waals surface area contributed by atoms with E-state index in [1.165, 1.54) is 25.2 Å². The van der Waals surface area contributed by atoms with E-state index in [1.807, 2.05) is 11.9 Å². The number of aliphatic hydroxyl groups is 1. The van der Waals surface area contributed by atoms with Gasteiger partial charge in [-0.15, -0.1) is 0 Å². The summed E-state index contributed by atoms with van der Waals surface area (Å²) >= 11 is 0. The molecule has 1 saturated carbocycles. The zero-order chi connectivity index (χ0) is 28.9. The smallest absolute Gasteiger partial charge is 0.406 e. The van der Waals surface area contributed by atoms with Gasteiger partial charge in [-0.2, -0.15) is 0 Å². The number of benzene rings is 2. The van der Waals surface area contributed by atoms with Crippen LogP contribution in [0, 0.1) is 30.4 Å². The molecule has 4 atom stereocenters. The van der Waals surface area contributed by atoms with Crippen molar-refractivity contribution in [3.63, 3.8) is 0 Å². The van der Waals surface area contributed by atoms with E-state index >= 15 is 4.39 Å². The van der Waals surface area contributed by atoms with E-state index in [4.69, 9.17) is 4.74 Å². The second-order valence-electron chi connectivity index (χ2n) is 11.2. The number of rotatable bonds is 9. The van der Waals surface area contributed by atoms with E-state index < -0.39 is 23.3 Å². The quantitative estimate of drug-likeness (QED) is 0.382. The third-order valence-corrected chi connectivity index (χ3v) is 8.55. The second kappa shape index (κ2) is 13.1. The van der Waals surface area contributed by atoms with Crippen molar-refractivity contribution >= 4 is 12.0 Å². The maximum absolute atomic E-state index is 15.5. The van der Waals surface area contributed by atoms with Crippen LogP contribution in [0.25, 0.3) is 11.1 Å². The minimum Gasteiger partial charge on any atom is -0.450 e. The molecule has 0 aromatic heterocycles. The van der Waals surface area contributed by atoms with Gasteiger partial charge in [0.15, 0.2) is 0 Å². The number of alkyl carbamates (subject to hydrolysis) is 1. The average Bonchev–Trinajstić information content (AvgIpc) is 3.43. The Kier molecular flexibility index (Phi) is 9.79. The number of likely N-dealkylation sites (tertiary alicyclic amines) is 1. The van der Waals surface area contributed by atoms with Crippen LogP contribution in [0.1, 0.15) is 56.1 Å². The van der Waals surface area contributed by atoms with Crippen LogP contribution >= 0.6 is 0 Å². The Morgan fingerprint density at radius 3 is 2.65 bits per heavy atom. The number of carbonyl (C=O) groups excluding carboxylic acids is 2. The van der Waals surface area contributed by atoms with Gasteiger partial charge in [-0.1, -0.05) is 18.2 Å². The summed E-state index contributed by atoms with van der Waals surface area (Å²) in [6.45, 7) is 2.76. The Morgan fingerprint density at radius 2 is 1.95 bits per heavy atom. The van der Waals surface area contributed by atoms with E-state index in [-0.39, 0.29) is 36.3 Å². The van der Waals surface area contributed by atoms with E-state index in [2.05, 4.69) is 10.6 Å². The molecule has 4 rings (SSSR count). The highest BCUT2D eigenvalue weighted by Crippen LogP contribution is 2.45. The van der Waals surface area contributed by atoms with Gasteiger partial charge in [-0.3, -0.25) is 4.79 Å². The summed E-state index contributed by atoms with van der Waals surface area (Å²) < 4.78 is 35.1. The molecule has 40 heavy (non-hydrogen) atoms. The lowest BCUT2D eigenvalue weighted by atomic mass is 9.72. The first kappa shape index (κ1) is 29.9. The average molecular weight is 558 g/mol. The van der Waals surface area contributed by atoms with Crippen LogP contribution < -0.4 is 10.6 Å². The van der Waals surface area contributed by atoms with Crippen molar-refractivity contribution in [1.82, 2.24) is 15.5 Å². The molecule has 0 unspecified atom stereocenters. The molecule has 2 fully saturated rings. The Morgan fingerprint density at radius 1 is 1.15 bits per heavy atom. The molecule has 9 heteroatoms. The molecule has 3 N–H and O–H groups in total. The molecule has 0 radical (unpaired) electrons. The lowest BCUT2D eigenvalue weighted by Gasteiger charge is -2.44. The van der Waals surface area contributed by atoms with Crippen molar-refractivity contribution in [2.75, 3.05) is 33.8 Å². The van der Waals surface area contributed by atoms with Crippen molar-refractivity contribution < 1.29 is 28.2 Å². The SMILES string of the molecule is CNC(=O)OCCC[C@@](O)(c1cccc(F)c1-c1cc(C)cc(F)c1)[C@@H]1CCCN(C(=O)[C@@H]2CC[C@H](NC)C2)C1. The summed E-state index contributed by atoms with van der Waals surface area (Å²) in [4.78, 5) is 27.0. The maximum Gasteiger partial charge on any atom is 0.406 e. The molecule has 0 bridgehead atoms. The molecule has 218 valence electrons. The minimum atomic E-state index is -1.55. The topological polar surface area (TPSA) is 90.9 Å². The third kappa shape index (κ3) is 6.63. The molecule has 2 aliphatic rings. The molecule has 2 amide bonds. The third-order valence-electron chi connectivity index (χ3n) is 8.55. The Labute approximate surface area is 235 Å². The Hall–Kier alpha value is -3.04. The number of nitrogens with zero attached hydrogens (tertiary/aromatic N) is 1. The number of nitrogens with one attached hydrogen (secondary N) is 2. The van der Waals surface area contributed by atoms with Crippen LogP contribution in [-0.4, -0.2) is 61.8 Å². The van der Waals surface area contributed by atoms with Crippen molar-refractivity contribution in [1.29, 1.82) is 0 Å². The molecular weight excluding hydrogens is 516 g/mol. The zero-order valence-electron chi connectivity index (χ0n) is 23.6. The molecule has 2 aromatic rings. The van der Waals surface area contributed by atoms with Crippen LogP contribution in [0.5, 0.6) is 0 Å². The van der Waals surface area contributed by atoms with Gasteiger partial charge in [-0.05, 0) is 93.8 Å². The summed E-state index contributed by atoms with van der Waals surface area (Å²) in [7, 11) is 3.38. The lowest BCUT2D eigenvalue weighted by Crippen LogP contribution is -2.49. The maximum atomic E-state index is 15.5. The summed E-state index contributed by atoms with van der Waals surface area (Å²) in [5.74, 6) is -1.38. The van der Waals surface area contributed by atoms with E-state index in [0.29, 0.717) is 55.1 Å². The van der Waals surface area contributed by atoms with Gasteiger partial charge in [0, 0.05) is 43.6 Å². The van der Waals surface area contributed by atoms with E-state index in [1.54, 1.807) is 25.1 Å². The number of hydrogen-bond donors (Lipinski definition) is 3. The van der Waals surface area contributed by atoms with Gasteiger partial charge in [0.1, 0.15) is 11.6 Å². The molecule has 7 nitrogen and oxygen atoms in total. The van der Waals surface area contributed by atoms with Crippen LogP contribution in [0.4, 0.5) is 13.6 Å². The van der Waals surface area contributed by atoms with E-state index in [9.17, 15) is 19.1 Å². The zero-order valence-corrected chi connectivity index (χ0v) is 23.6. The van der Waals surface area contributed by atoms with Gasteiger partial charge in [0.05, 0.1) is 12.2 Å². The van der Waals surface area contributed by atoms with Gasteiger partial charge >= 0.3 is 6.09 Å². The van der Waals surface area contributed by atoms with Gasteiger partial charge < -0.3 is 25.4 Å². The minimum absolute atomic E-state index is 0.0507. The van der Waals surface area contributed by atoms with Crippen molar-refractivity contribution in [2.45, 2.75) is 63.5 Å². The summed E-state index contributed by atoms with van der Waals surface area (Å²) in [6, 6.07) is 9.23. The van der Waals surface area contributed by atoms with Crippen LogP contribution in [0.2, 0.25) is 0 Å². The summed E-state index contributed by atoms with van der Waals surface area (Å²) in [5.41, 5.74) is -0.0638. The van der Waals surface area contributed by atoms with Crippen molar-refractivity contribution in [2.24, 2.45) is 11.8 Å². The second-order valence-corrected chi connectivity index (χ2v) is 11.2. The highest BCUT2D eigenvalue weighted by Gasteiger charge is 2.44. The van der Waals surface area contributed by atoms with Crippen molar-refractivity contribution in [3.8, 4) is 11.1 Å². The van der Waals surface area contributed by atoms with Crippen LogP contribution in [0.15, 0.2) is 36.4 Å². The predicted molar refractivity (Wildman–Crippen MR) is 150 cm³/mol.